The quantitative estimate of drug-likeness (QED) is 0.674. The Kier molecular flexibility index (Phi) is 2.66. The number of hydrogen-bond acceptors (Lipinski definition) is 3. The lowest BCUT2D eigenvalue weighted by atomic mass is 10.0. The highest BCUT2D eigenvalue weighted by atomic mass is 16.6. The fourth-order valence-electron chi connectivity index (χ4n) is 1.07. The van der Waals surface area contributed by atoms with Gasteiger partial charge in [0.15, 0.2) is 0 Å². The van der Waals surface area contributed by atoms with Crippen molar-refractivity contribution in [3.8, 4) is 0 Å². The normalized spacial score (nSPS) is 19.7. The number of carbonyl (C=O) groups excluding carboxylic acids is 1. The number of nitrogens with two attached hydrogens (primary N) is 1. The number of hydrogen-bond donors (Lipinski definition) is 1. The summed E-state index contributed by atoms with van der Waals surface area (Å²) in [5, 5.41) is 0. The molecule has 0 atom stereocenters. The van der Waals surface area contributed by atoms with Gasteiger partial charge in [-0.2, -0.15) is 0 Å². The number of esters is 1. The summed E-state index contributed by atoms with van der Waals surface area (Å²) in [6.07, 6.45) is 2.61. The molecule has 13 heavy (non-hydrogen) atoms. The highest BCUT2D eigenvalue weighted by molar-refractivity contribution is 5.80. The molecule has 0 unspecified atom stereocenters. The van der Waals surface area contributed by atoms with E-state index in [1.54, 1.807) is 0 Å². The van der Waals surface area contributed by atoms with Crippen molar-refractivity contribution in [1.29, 1.82) is 0 Å². The Morgan fingerprint density at radius 3 is 2.38 bits per heavy atom. The topological polar surface area (TPSA) is 52.3 Å². The van der Waals surface area contributed by atoms with Crippen LogP contribution < -0.4 is 5.73 Å². The van der Waals surface area contributed by atoms with E-state index >= 15 is 0 Å². The van der Waals surface area contributed by atoms with Gasteiger partial charge in [-0.3, -0.25) is 4.79 Å². The van der Waals surface area contributed by atoms with Crippen LogP contribution in [0.5, 0.6) is 0 Å². The Balaban J connectivity index is 2.51. The molecule has 3 heteroatoms. The van der Waals surface area contributed by atoms with Crippen LogP contribution in [0.4, 0.5) is 0 Å². The molecule has 1 saturated carbocycles. The molecule has 3 nitrogen and oxygen atoms in total. The first-order valence-electron chi connectivity index (χ1n) is 4.89. The van der Waals surface area contributed by atoms with Crippen LogP contribution in [-0.4, -0.2) is 18.1 Å². The minimum absolute atomic E-state index is 0.109. The van der Waals surface area contributed by atoms with E-state index in [0.29, 0.717) is 6.54 Å². The summed E-state index contributed by atoms with van der Waals surface area (Å²) < 4.78 is 5.39. The summed E-state index contributed by atoms with van der Waals surface area (Å²) in [5.41, 5.74) is 4.86. The second kappa shape index (κ2) is 3.29. The van der Waals surface area contributed by atoms with Gasteiger partial charge in [0.05, 0.1) is 5.41 Å². The van der Waals surface area contributed by atoms with E-state index in [4.69, 9.17) is 10.5 Å². The zero-order valence-corrected chi connectivity index (χ0v) is 8.72. The molecule has 0 radical (unpaired) electrons. The number of carbonyl (C=O) groups is 1. The van der Waals surface area contributed by atoms with Crippen LogP contribution in [0, 0.1) is 5.41 Å². The molecule has 0 aromatic rings. The maximum absolute atomic E-state index is 11.6. The Morgan fingerprint density at radius 1 is 1.54 bits per heavy atom. The predicted molar refractivity (Wildman–Crippen MR) is 51.2 cm³/mol. The fraction of sp³-hybridized carbons (Fsp3) is 0.900. The molecule has 76 valence electrons. The van der Waals surface area contributed by atoms with Gasteiger partial charge in [-0.15, -0.1) is 0 Å². The van der Waals surface area contributed by atoms with Crippen LogP contribution >= 0.6 is 0 Å². The Bertz CT molecular complexity index is 207. The third-order valence-electron chi connectivity index (χ3n) is 2.90. The molecule has 0 bridgehead atoms. The second-order valence-corrected chi connectivity index (χ2v) is 4.49. The monoisotopic (exact) mass is 185 g/mol. The van der Waals surface area contributed by atoms with E-state index in [0.717, 1.165) is 19.3 Å². The molecule has 1 rings (SSSR count). The van der Waals surface area contributed by atoms with Gasteiger partial charge in [0.2, 0.25) is 0 Å². The van der Waals surface area contributed by atoms with E-state index in [9.17, 15) is 4.79 Å². The summed E-state index contributed by atoms with van der Waals surface area (Å²) in [6.45, 7) is 6.29. The lowest BCUT2D eigenvalue weighted by Gasteiger charge is -2.25. The molecule has 0 aromatic carbocycles. The maximum Gasteiger partial charge on any atom is 0.313 e. The van der Waals surface area contributed by atoms with Crippen LogP contribution in [0.15, 0.2) is 0 Å². The van der Waals surface area contributed by atoms with E-state index in [1.807, 2.05) is 20.8 Å². The second-order valence-electron chi connectivity index (χ2n) is 4.49. The fourth-order valence-corrected chi connectivity index (χ4v) is 1.07. The minimum atomic E-state index is -0.345. The van der Waals surface area contributed by atoms with Crippen LogP contribution in [0.2, 0.25) is 0 Å². The van der Waals surface area contributed by atoms with Gasteiger partial charge in [0.25, 0.3) is 0 Å². The van der Waals surface area contributed by atoms with Crippen LogP contribution in [0.25, 0.3) is 0 Å². The summed E-state index contributed by atoms with van der Waals surface area (Å²) in [6, 6.07) is 0. The zero-order valence-electron chi connectivity index (χ0n) is 8.72. The van der Waals surface area contributed by atoms with E-state index in [1.165, 1.54) is 0 Å². The van der Waals surface area contributed by atoms with Crippen molar-refractivity contribution in [2.75, 3.05) is 6.54 Å². The average molecular weight is 185 g/mol. The van der Waals surface area contributed by atoms with Gasteiger partial charge in [0.1, 0.15) is 5.60 Å². The smallest absolute Gasteiger partial charge is 0.313 e. The number of ether oxygens (including phenoxy) is 1. The lowest BCUT2D eigenvalue weighted by molar-refractivity contribution is -0.163. The Hall–Kier alpha value is -0.570. The third kappa shape index (κ3) is 2.21. The molecule has 0 spiro atoms. The van der Waals surface area contributed by atoms with Crippen molar-refractivity contribution >= 4 is 5.97 Å². The summed E-state index contributed by atoms with van der Waals surface area (Å²) in [7, 11) is 0. The van der Waals surface area contributed by atoms with Crippen molar-refractivity contribution in [1.82, 2.24) is 0 Å². The van der Waals surface area contributed by atoms with Crippen molar-refractivity contribution in [3.63, 3.8) is 0 Å². The number of rotatable bonds is 4. The van der Waals surface area contributed by atoms with E-state index in [2.05, 4.69) is 0 Å². The first kappa shape index (κ1) is 10.5. The molecule has 0 saturated heterocycles. The van der Waals surface area contributed by atoms with Crippen LogP contribution in [0.1, 0.15) is 40.0 Å². The standard InChI is InChI=1S/C10H19NO2/c1-4-9(2,3)13-8(12)10(7-11)5-6-10/h4-7,11H2,1-3H3. The Morgan fingerprint density at radius 2 is 2.08 bits per heavy atom. The molecule has 0 aliphatic heterocycles. The van der Waals surface area contributed by atoms with E-state index < -0.39 is 0 Å². The minimum Gasteiger partial charge on any atom is -0.459 e. The maximum atomic E-state index is 11.6. The first-order chi connectivity index (χ1) is 5.96. The van der Waals surface area contributed by atoms with Crippen molar-refractivity contribution in [3.05, 3.63) is 0 Å². The van der Waals surface area contributed by atoms with Gasteiger partial charge in [-0.1, -0.05) is 6.92 Å². The van der Waals surface area contributed by atoms with Crippen LogP contribution in [-0.2, 0) is 9.53 Å². The lowest BCUT2D eigenvalue weighted by Crippen LogP contribution is -2.35. The van der Waals surface area contributed by atoms with Crippen LogP contribution in [0.3, 0.4) is 0 Å². The van der Waals surface area contributed by atoms with Gasteiger partial charge < -0.3 is 10.5 Å². The van der Waals surface area contributed by atoms with Crippen molar-refractivity contribution in [2.45, 2.75) is 45.6 Å². The van der Waals surface area contributed by atoms with Gasteiger partial charge >= 0.3 is 5.97 Å². The molecular weight excluding hydrogens is 166 g/mol. The largest absolute Gasteiger partial charge is 0.459 e. The van der Waals surface area contributed by atoms with Crippen molar-refractivity contribution in [2.24, 2.45) is 11.1 Å². The molecule has 2 N–H and O–H groups in total. The molecule has 1 aliphatic rings. The molecule has 0 aromatic heterocycles. The molecule has 1 aliphatic carbocycles. The van der Waals surface area contributed by atoms with Crippen molar-refractivity contribution < 1.29 is 9.53 Å². The molecule has 0 heterocycles. The molecule has 1 fully saturated rings. The average Bonchev–Trinajstić information content (AvgIpc) is 2.84. The Labute approximate surface area is 79.6 Å². The van der Waals surface area contributed by atoms with Gasteiger partial charge in [0, 0.05) is 6.54 Å². The zero-order chi connectivity index (χ0) is 10.1. The van der Waals surface area contributed by atoms with E-state index in [-0.39, 0.29) is 17.0 Å². The van der Waals surface area contributed by atoms with Gasteiger partial charge in [-0.05, 0) is 33.1 Å². The SMILES string of the molecule is CCC(C)(C)OC(=O)C1(CN)CC1. The highest BCUT2D eigenvalue weighted by Gasteiger charge is 2.51. The summed E-state index contributed by atoms with van der Waals surface area (Å²) in [4.78, 5) is 11.6. The summed E-state index contributed by atoms with van der Waals surface area (Å²) in [5.74, 6) is -0.109. The third-order valence-corrected chi connectivity index (χ3v) is 2.90. The first-order valence-corrected chi connectivity index (χ1v) is 4.89. The molecular formula is C10H19NO2. The van der Waals surface area contributed by atoms with Gasteiger partial charge in [-0.25, -0.2) is 0 Å². The molecule has 0 amide bonds. The predicted octanol–water partition coefficient (Wildman–Crippen LogP) is 1.46. The highest BCUT2D eigenvalue weighted by Crippen LogP contribution is 2.46. The summed E-state index contributed by atoms with van der Waals surface area (Å²) >= 11 is 0.